The van der Waals surface area contributed by atoms with E-state index in [2.05, 4.69) is 27.6 Å². The van der Waals surface area contributed by atoms with Crippen LogP contribution in [0, 0.1) is 6.92 Å². The molecule has 0 saturated heterocycles. The fourth-order valence-corrected chi connectivity index (χ4v) is 4.40. The number of para-hydroxylation sites is 1. The average molecular weight is 374 g/mol. The van der Waals surface area contributed by atoms with Crippen molar-refractivity contribution in [2.24, 2.45) is 0 Å². The second-order valence-corrected chi connectivity index (χ2v) is 7.80. The predicted octanol–water partition coefficient (Wildman–Crippen LogP) is 4.05. The zero-order chi connectivity index (χ0) is 18.4. The van der Waals surface area contributed by atoms with Crippen LogP contribution in [0.1, 0.15) is 26.5 Å². The molecule has 1 amide bonds. The van der Waals surface area contributed by atoms with Crippen molar-refractivity contribution in [2.45, 2.75) is 19.9 Å². The van der Waals surface area contributed by atoms with Gasteiger partial charge in [0.15, 0.2) is 5.65 Å². The van der Waals surface area contributed by atoms with E-state index < -0.39 is 0 Å². The molecule has 0 spiro atoms. The van der Waals surface area contributed by atoms with Gasteiger partial charge in [-0.2, -0.15) is 5.10 Å². The molecule has 0 saturated carbocycles. The van der Waals surface area contributed by atoms with Crippen LogP contribution in [0.5, 0.6) is 0 Å². The molecule has 3 aromatic heterocycles. The molecule has 0 atom stereocenters. The van der Waals surface area contributed by atoms with Crippen LogP contribution in [-0.2, 0) is 13.0 Å². The van der Waals surface area contributed by atoms with Gasteiger partial charge in [-0.1, -0.05) is 24.3 Å². The summed E-state index contributed by atoms with van der Waals surface area (Å²) < 4.78 is 1.88. The van der Waals surface area contributed by atoms with E-state index in [0.717, 1.165) is 28.8 Å². The summed E-state index contributed by atoms with van der Waals surface area (Å²) in [5.74, 6) is 0.0196. The van der Waals surface area contributed by atoms with Crippen molar-refractivity contribution in [3.63, 3.8) is 0 Å². The summed E-state index contributed by atoms with van der Waals surface area (Å²) in [4.78, 5) is 21.1. The maximum absolute atomic E-state index is 13.4. The SMILES string of the molecule is Cc1cc(C(=O)N2CCc3ccccc32)c2cnn(Cc3cccs3)c2n1. The summed E-state index contributed by atoms with van der Waals surface area (Å²) in [5.41, 5.74) is 4.49. The fourth-order valence-electron chi connectivity index (χ4n) is 3.71. The van der Waals surface area contributed by atoms with Crippen molar-refractivity contribution in [3.05, 3.63) is 75.7 Å². The third kappa shape index (κ3) is 2.73. The van der Waals surface area contributed by atoms with Crippen molar-refractivity contribution < 1.29 is 4.79 Å². The van der Waals surface area contributed by atoms with E-state index in [1.807, 2.05) is 46.8 Å². The summed E-state index contributed by atoms with van der Waals surface area (Å²) in [6.07, 6.45) is 2.66. The highest BCUT2D eigenvalue weighted by atomic mass is 32.1. The molecule has 1 aliphatic heterocycles. The minimum Gasteiger partial charge on any atom is -0.308 e. The molecule has 5 nitrogen and oxygen atoms in total. The van der Waals surface area contributed by atoms with Gasteiger partial charge in [-0.05, 0) is 42.5 Å². The quantitative estimate of drug-likeness (QED) is 0.544. The van der Waals surface area contributed by atoms with Gasteiger partial charge < -0.3 is 4.90 Å². The number of anilines is 1. The number of nitrogens with zero attached hydrogens (tertiary/aromatic N) is 4. The van der Waals surface area contributed by atoms with E-state index in [-0.39, 0.29) is 5.91 Å². The molecular formula is C21H18N4OS. The molecule has 5 rings (SSSR count). The van der Waals surface area contributed by atoms with E-state index >= 15 is 0 Å². The van der Waals surface area contributed by atoms with E-state index in [9.17, 15) is 4.79 Å². The van der Waals surface area contributed by atoms with Crippen molar-refractivity contribution in [1.82, 2.24) is 14.8 Å². The Morgan fingerprint density at radius 3 is 2.96 bits per heavy atom. The first-order chi connectivity index (χ1) is 13.2. The minimum absolute atomic E-state index is 0.0196. The molecule has 1 aromatic carbocycles. The number of rotatable bonds is 3. The van der Waals surface area contributed by atoms with Gasteiger partial charge in [0.25, 0.3) is 5.91 Å². The lowest BCUT2D eigenvalue weighted by Gasteiger charge is -2.18. The van der Waals surface area contributed by atoms with E-state index in [0.29, 0.717) is 18.7 Å². The Balaban J connectivity index is 1.57. The number of amides is 1. The molecule has 0 N–H and O–H groups in total. The highest BCUT2D eigenvalue weighted by Gasteiger charge is 2.27. The number of carbonyl (C=O) groups is 1. The van der Waals surface area contributed by atoms with Gasteiger partial charge >= 0.3 is 0 Å². The number of hydrogen-bond donors (Lipinski definition) is 0. The van der Waals surface area contributed by atoms with Gasteiger partial charge in [-0.15, -0.1) is 11.3 Å². The van der Waals surface area contributed by atoms with Crippen LogP contribution in [0.25, 0.3) is 11.0 Å². The van der Waals surface area contributed by atoms with Crippen LogP contribution in [0.3, 0.4) is 0 Å². The number of aryl methyl sites for hydroxylation is 1. The molecule has 4 aromatic rings. The molecule has 27 heavy (non-hydrogen) atoms. The lowest BCUT2D eigenvalue weighted by Crippen LogP contribution is -2.29. The van der Waals surface area contributed by atoms with Crippen LogP contribution in [-0.4, -0.2) is 27.2 Å². The predicted molar refractivity (Wildman–Crippen MR) is 108 cm³/mol. The van der Waals surface area contributed by atoms with Crippen molar-refractivity contribution in [1.29, 1.82) is 0 Å². The first kappa shape index (κ1) is 16.2. The summed E-state index contributed by atoms with van der Waals surface area (Å²) in [6, 6.07) is 14.1. The van der Waals surface area contributed by atoms with E-state index in [1.165, 1.54) is 10.4 Å². The Hall–Kier alpha value is -2.99. The number of hydrogen-bond acceptors (Lipinski definition) is 4. The summed E-state index contributed by atoms with van der Waals surface area (Å²) >= 11 is 1.69. The number of aromatic nitrogens is 3. The topological polar surface area (TPSA) is 51.0 Å². The number of fused-ring (bicyclic) bond motifs is 2. The zero-order valence-corrected chi connectivity index (χ0v) is 15.7. The molecule has 1 aliphatic rings. The monoisotopic (exact) mass is 374 g/mol. The number of thiophene rings is 1. The standard InChI is InChI=1S/C21H18N4OS/c1-14-11-17(21(26)24-9-8-15-5-2-3-7-19(15)24)18-12-22-25(20(18)23-14)13-16-6-4-10-27-16/h2-7,10-12H,8-9,13H2,1H3. The third-order valence-electron chi connectivity index (χ3n) is 4.99. The smallest absolute Gasteiger partial charge is 0.259 e. The normalized spacial score (nSPS) is 13.3. The summed E-state index contributed by atoms with van der Waals surface area (Å²) in [5, 5.41) is 7.38. The molecule has 0 radical (unpaired) electrons. The second-order valence-electron chi connectivity index (χ2n) is 6.77. The van der Waals surface area contributed by atoms with E-state index in [1.54, 1.807) is 17.5 Å². The Bertz CT molecular complexity index is 1150. The lowest BCUT2D eigenvalue weighted by atomic mass is 10.1. The average Bonchev–Trinajstić information content (AvgIpc) is 3.41. The van der Waals surface area contributed by atoms with Gasteiger partial charge in [0.05, 0.1) is 23.7 Å². The minimum atomic E-state index is 0.0196. The Kier molecular flexibility index (Phi) is 3.79. The van der Waals surface area contributed by atoms with Crippen LogP contribution in [0.2, 0.25) is 0 Å². The van der Waals surface area contributed by atoms with Crippen LogP contribution in [0.15, 0.2) is 54.0 Å². The van der Waals surface area contributed by atoms with Gasteiger partial charge in [0, 0.05) is 22.8 Å². The molecule has 0 unspecified atom stereocenters. The fraction of sp³-hybridized carbons (Fsp3) is 0.190. The van der Waals surface area contributed by atoms with Crippen LogP contribution < -0.4 is 4.90 Å². The molecular weight excluding hydrogens is 356 g/mol. The van der Waals surface area contributed by atoms with Gasteiger partial charge in [0.2, 0.25) is 0 Å². The Labute approximate surface area is 160 Å². The number of pyridine rings is 1. The maximum Gasteiger partial charge on any atom is 0.259 e. The van der Waals surface area contributed by atoms with E-state index in [4.69, 9.17) is 0 Å². The Morgan fingerprint density at radius 1 is 1.22 bits per heavy atom. The third-order valence-corrected chi connectivity index (χ3v) is 5.85. The van der Waals surface area contributed by atoms with Gasteiger partial charge in [-0.25, -0.2) is 9.67 Å². The zero-order valence-electron chi connectivity index (χ0n) is 14.9. The molecule has 0 aliphatic carbocycles. The van der Waals surface area contributed by atoms with Gasteiger partial charge in [0.1, 0.15) is 0 Å². The first-order valence-corrected chi connectivity index (χ1v) is 9.84. The molecule has 4 heterocycles. The molecule has 0 bridgehead atoms. The number of benzene rings is 1. The largest absolute Gasteiger partial charge is 0.308 e. The molecule has 134 valence electrons. The van der Waals surface area contributed by atoms with Crippen molar-refractivity contribution >= 4 is 34.0 Å². The van der Waals surface area contributed by atoms with Crippen LogP contribution >= 0.6 is 11.3 Å². The van der Waals surface area contributed by atoms with Crippen molar-refractivity contribution in [3.8, 4) is 0 Å². The molecule has 0 fully saturated rings. The lowest BCUT2D eigenvalue weighted by molar-refractivity contribution is 0.0991. The second kappa shape index (κ2) is 6.32. The number of carbonyl (C=O) groups excluding carboxylic acids is 1. The maximum atomic E-state index is 13.4. The van der Waals surface area contributed by atoms with Crippen molar-refractivity contribution in [2.75, 3.05) is 11.4 Å². The summed E-state index contributed by atoms with van der Waals surface area (Å²) in [7, 11) is 0. The molecule has 6 heteroatoms. The first-order valence-electron chi connectivity index (χ1n) is 8.96. The highest BCUT2D eigenvalue weighted by molar-refractivity contribution is 7.09. The Morgan fingerprint density at radius 2 is 2.11 bits per heavy atom. The highest BCUT2D eigenvalue weighted by Crippen LogP contribution is 2.30. The van der Waals surface area contributed by atoms with Gasteiger partial charge in [-0.3, -0.25) is 4.79 Å². The summed E-state index contributed by atoms with van der Waals surface area (Å²) in [6.45, 7) is 3.30. The van der Waals surface area contributed by atoms with Crippen LogP contribution in [0.4, 0.5) is 5.69 Å².